The normalized spacial score (nSPS) is 15.2. The number of fused-ring (bicyclic) bond motifs is 1. The molecule has 0 radical (unpaired) electrons. The first-order valence-corrected chi connectivity index (χ1v) is 10.7. The lowest BCUT2D eigenvalue weighted by Crippen LogP contribution is -2.22. The summed E-state index contributed by atoms with van der Waals surface area (Å²) in [5.74, 6) is 2.20. The molecule has 0 saturated carbocycles. The molecule has 2 aromatic heterocycles. The second-order valence-corrected chi connectivity index (χ2v) is 8.55. The molecule has 4 rings (SSSR count). The van der Waals surface area contributed by atoms with E-state index in [1.807, 2.05) is 23.1 Å². The Balaban J connectivity index is 1.56. The number of halogens is 1. The Labute approximate surface area is 156 Å². The molecule has 0 bridgehead atoms. The number of aromatic nitrogens is 1. The SMILES string of the molecule is Fc1cccnc1CCc1c(CCN2CCSC2)sc2ccccc12. The zero-order valence-electron chi connectivity index (χ0n) is 14.1. The Morgan fingerprint density at radius 2 is 2.00 bits per heavy atom. The van der Waals surface area contributed by atoms with Gasteiger partial charge in [0.25, 0.3) is 0 Å². The van der Waals surface area contributed by atoms with Crippen LogP contribution in [0.4, 0.5) is 4.39 Å². The molecule has 1 aliphatic rings. The lowest BCUT2D eigenvalue weighted by Gasteiger charge is -2.13. The maximum absolute atomic E-state index is 13.9. The van der Waals surface area contributed by atoms with E-state index in [1.165, 1.54) is 38.9 Å². The summed E-state index contributed by atoms with van der Waals surface area (Å²) >= 11 is 3.91. The second-order valence-electron chi connectivity index (χ2n) is 6.34. The van der Waals surface area contributed by atoms with E-state index in [4.69, 9.17) is 0 Å². The fourth-order valence-electron chi connectivity index (χ4n) is 3.36. The van der Waals surface area contributed by atoms with Crippen LogP contribution < -0.4 is 0 Å². The minimum atomic E-state index is -0.197. The van der Waals surface area contributed by atoms with E-state index in [0.717, 1.165) is 25.3 Å². The van der Waals surface area contributed by atoms with Crippen molar-refractivity contribution in [1.82, 2.24) is 9.88 Å². The molecular formula is C20H21FN2S2. The molecule has 0 aliphatic carbocycles. The standard InChI is InChI=1S/C20H21FN2S2/c21-17-5-3-10-22-18(17)8-7-16-15-4-1-2-6-19(15)25-20(16)9-11-23-12-13-24-14-23/h1-6,10H,7-9,11-14H2. The van der Waals surface area contributed by atoms with Crippen LogP contribution in [0, 0.1) is 5.82 Å². The Kier molecular flexibility index (Phi) is 5.34. The minimum absolute atomic E-state index is 0.197. The van der Waals surface area contributed by atoms with Crippen molar-refractivity contribution in [2.75, 3.05) is 24.7 Å². The number of benzene rings is 1. The van der Waals surface area contributed by atoms with Gasteiger partial charge in [-0.15, -0.1) is 23.1 Å². The molecule has 0 unspecified atom stereocenters. The van der Waals surface area contributed by atoms with Crippen molar-refractivity contribution in [2.24, 2.45) is 0 Å². The van der Waals surface area contributed by atoms with Crippen LogP contribution in [0.5, 0.6) is 0 Å². The average Bonchev–Trinajstić information content (AvgIpc) is 3.27. The molecule has 1 saturated heterocycles. The largest absolute Gasteiger partial charge is 0.293 e. The number of hydrogen-bond donors (Lipinski definition) is 0. The van der Waals surface area contributed by atoms with Crippen molar-refractivity contribution in [3.8, 4) is 0 Å². The van der Waals surface area contributed by atoms with Crippen molar-refractivity contribution >= 4 is 33.2 Å². The topological polar surface area (TPSA) is 16.1 Å². The van der Waals surface area contributed by atoms with Crippen LogP contribution in [-0.2, 0) is 19.3 Å². The van der Waals surface area contributed by atoms with Crippen LogP contribution in [0.15, 0.2) is 42.6 Å². The molecule has 130 valence electrons. The number of thiophene rings is 1. The summed E-state index contributed by atoms with van der Waals surface area (Å²) in [6.07, 6.45) is 4.26. The van der Waals surface area contributed by atoms with Gasteiger partial charge in [-0.2, -0.15) is 0 Å². The zero-order valence-corrected chi connectivity index (χ0v) is 15.7. The highest BCUT2D eigenvalue weighted by Crippen LogP contribution is 2.33. The molecule has 3 aromatic rings. The third-order valence-corrected chi connectivity index (χ3v) is 7.00. The summed E-state index contributed by atoms with van der Waals surface area (Å²) in [5.41, 5.74) is 1.96. The van der Waals surface area contributed by atoms with Crippen molar-refractivity contribution in [3.05, 3.63) is 64.5 Å². The Morgan fingerprint density at radius 3 is 2.84 bits per heavy atom. The molecule has 5 heteroatoms. The van der Waals surface area contributed by atoms with E-state index in [2.05, 4.69) is 34.1 Å². The van der Waals surface area contributed by atoms with Gasteiger partial charge in [-0.05, 0) is 48.4 Å². The van der Waals surface area contributed by atoms with Crippen LogP contribution >= 0.6 is 23.1 Å². The molecule has 0 N–H and O–H groups in total. The Hall–Kier alpha value is -1.43. The predicted molar refractivity (Wildman–Crippen MR) is 106 cm³/mol. The third kappa shape index (κ3) is 3.89. The number of thioether (sulfide) groups is 1. The quantitative estimate of drug-likeness (QED) is 0.620. The molecule has 1 fully saturated rings. The van der Waals surface area contributed by atoms with Gasteiger partial charge < -0.3 is 0 Å². The molecule has 2 nitrogen and oxygen atoms in total. The zero-order chi connectivity index (χ0) is 17.1. The predicted octanol–water partition coefficient (Wildman–Crippen LogP) is 4.77. The van der Waals surface area contributed by atoms with E-state index < -0.39 is 0 Å². The van der Waals surface area contributed by atoms with Crippen LogP contribution in [0.2, 0.25) is 0 Å². The molecule has 25 heavy (non-hydrogen) atoms. The summed E-state index contributed by atoms with van der Waals surface area (Å²) in [6, 6.07) is 11.7. The molecule has 1 aliphatic heterocycles. The fraction of sp³-hybridized carbons (Fsp3) is 0.350. The number of hydrogen-bond acceptors (Lipinski definition) is 4. The first-order chi connectivity index (χ1) is 12.3. The van der Waals surface area contributed by atoms with Gasteiger partial charge >= 0.3 is 0 Å². The molecule has 1 aromatic carbocycles. The second kappa shape index (κ2) is 7.85. The van der Waals surface area contributed by atoms with Gasteiger partial charge in [0, 0.05) is 40.5 Å². The van der Waals surface area contributed by atoms with Gasteiger partial charge in [0.2, 0.25) is 0 Å². The van der Waals surface area contributed by atoms with Gasteiger partial charge in [-0.3, -0.25) is 9.88 Å². The van der Waals surface area contributed by atoms with Gasteiger partial charge in [0.15, 0.2) is 0 Å². The highest BCUT2D eigenvalue weighted by atomic mass is 32.2. The lowest BCUT2D eigenvalue weighted by atomic mass is 10.0. The lowest BCUT2D eigenvalue weighted by molar-refractivity contribution is 0.361. The smallest absolute Gasteiger partial charge is 0.144 e. The van der Waals surface area contributed by atoms with Gasteiger partial charge in [0.05, 0.1) is 5.69 Å². The summed E-state index contributed by atoms with van der Waals surface area (Å²) in [7, 11) is 0. The maximum atomic E-state index is 13.9. The summed E-state index contributed by atoms with van der Waals surface area (Å²) in [5, 5.41) is 1.33. The first-order valence-electron chi connectivity index (χ1n) is 8.70. The molecule has 0 amide bonds. The molecular weight excluding hydrogens is 351 g/mol. The van der Waals surface area contributed by atoms with Gasteiger partial charge in [-0.1, -0.05) is 18.2 Å². The van der Waals surface area contributed by atoms with E-state index in [0.29, 0.717) is 12.1 Å². The first kappa shape index (κ1) is 17.0. The van der Waals surface area contributed by atoms with Crippen molar-refractivity contribution < 1.29 is 4.39 Å². The van der Waals surface area contributed by atoms with Crippen LogP contribution in [0.25, 0.3) is 10.1 Å². The number of rotatable bonds is 6. The van der Waals surface area contributed by atoms with Gasteiger partial charge in [-0.25, -0.2) is 4.39 Å². The molecule has 0 spiro atoms. The number of pyridine rings is 1. The highest BCUT2D eigenvalue weighted by molar-refractivity contribution is 7.99. The molecule has 0 atom stereocenters. The van der Waals surface area contributed by atoms with Crippen molar-refractivity contribution in [3.63, 3.8) is 0 Å². The number of aryl methyl sites for hydroxylation is 2. The highest BCUT2D eigenvalue weighted by Gasteiger charge is 2.16. The fourth-order valence-corrected chi connectivity index (χ4v) is 5.63. The Morgan fingerprint density at radius 1 is 1.08 bits per heavy atom. The van der Waals surface area contributed by atoms with E-state index in [-0.39, 0.29) is 5.82 Å². The Bertz CT molecular complexity index is 856. The van der Waals surface area contributed by atoms with Crippen LogP contribution in [0.1, 0.15) is 16.1 Å². The van der Waals surface area contributed by atoms with Crippen molar-refractivity contribution in [2.45, 2.75) is 19.3 Å². The van der Waals surface area contributed by atoms with Crippen LogP contribution in [0.3, 0.4) is 0 Å². The number of nitrogens with zero attached hydrogens (tertiary/aromatic N) is 2. The van der Waals surface area contributed by atoms with E-state index in [9.17, 15) is 4.39 Å². The van der Waals surface area contributed by atoms with Crippen molar-refractivity contribution in [1.29, 1.82) is 0 Å². The summed E-state index contributed by atoms with van der Waals surface area (Å²) in [6.45, 7) is 2.31. The van der Waals surface area contributed by atoms with Crippen LogP contribution in [-0.4, -0.2) is 34.6 Å². The minimum Gasteiger partial charge on any atom is -0.293 e. The third-order valence-electron chi connectivity index (χ3n) is 4.71. The maximum Gasteiger partial charge on any atom is 0.144 e. The summed E-state index contributed by atoms with van der Waals surface area (Å²) < 4.78 is 15.3. The summed E-state index contributed by atoms with van der Waals surface area (Å²) in [4.78, 5) is 8.19. The van der Waals surface area contributed by atoms with E-state index >= 15 is 0 Å². The van der Waals surface area contributed by atoms with Gasteiger partial charge in [0.1, 0.15) is 5.82 Å². The van der Waals surface area contributed by atoms with E-state index in [1.54, 1.807) is 12.3 Å². The average molecular weight is 373 g/mol. The monoisotopic (exact) mass is 372 g/mol. The molecule has 3 heterocycles.